The van der Waals surface area contributed by atoms with Crippen LogP contribution < -0.4 is 10.1 Å². The van der Waals surface area contributed by atoms with Crippen molar-refractivity contribution in [2.24, 2.45) is 0 Å². The van der Waals surface area contributed by atoms with Crippen LogP contribution in [0.15, 0.2) is 72.8 Å². The van der Waals surface area contributed by atoms with E-state index in [0.29, 0.717) is 11.4 Å². The van der Waals surface area contributed by atoms with Gasteiger partial charge in [-0.15, -0.1) is 5.10 Å². The summed E-state index contributed by atoms with van der Waals surface area (Å²) in [5, 5.41) is 6.94. The topological polar surface area (TPSA) is 69.0 Å². The molecular formula is C24H18F4N4O2. The Hall–Kier alpha value is -4.21. The first-order valence-corrected chi connectivity index (χ1v) is 10.2. The summed E-state index contributed by atoms with van der Waals surface area (Å²) in [6, 6.07) is 16.4. The average molecular weight is 470 g/mol. The Kier molecular flexibility index (Phi) is 6.31. The van der Waals surface area contributed by atoms with Crippen molar-refractivity contribution in [2.75, 3.05) is 11.9 Å². The summed E-state index contributed by atoms with van der Waals surface area (Å²) in [7, 11) is 0. The molecule has 1 aromatic heterocycles. The zero-order valence-electron chi connectivity index (χ0n) is 17.8. The number of carbonyl (C=O) groups excluding carboxylic acids is 1. The van der Waals surface area contributed by atoms with Gasteiger partial charge in [0.25, 0.3) is 5.91 Å². The van der Waals surface area contributed by atoms with E-state index in [0.717, 1.165) is 18.2 Å². The van der Waals surface area contributed by atoms with E-state index in [-0.39, 0.29) is 29.6 Å². The quantitative estimate of drug-likeness (QED) is 0.365. The highest BCUT2D eigenvalue weighted by Crippen LogP contribution is 2.33. The fourth-order valence-corrected chi connectivity index (χ4v) is 3.23. The molecule has 34 heavy (non-hydrogen) atoms. The van der Waals surface area contributed by atoms with E-state index in [4.69, 9.17) is 4.74 Å². The highest BCUT2D eigenvalue weighted by Gasteiger charge is 2.31. The number of anilines is 1. The Labute approximate surface area is 191 Å². The van der Waals surface area contributed by atoms with Crippen LogP contribution in [0.1, 0.15) is 22.8 Å². The highest BCUT2D eigenvalue weighted by molar-refractivity contribution is 6.04. The Morgan fingerprint density at radius 1 is 1.03 bits per heavy atom. The minimum atomic E-state index is -4.52. The van der Waals surface area contributed by atoms with Crippen molar-refractivity contribution < 1.29 is 27.1 Å². The number of nitrogens with one attached hydrogen (secondary N) is 1. The van der Waals surface area contributed by atoms with Crippen LogP contribution >= 0.6 is 0 Å². The van der Waals surface area contributed by atoms with E-state index >= 15 is 0 Å². The van der Waals surface area contributed by atoms with Crippen molar-refractivity contribution in [1.82, 2.24) is 14.8 Å². The van der Waals surface area contributed by atoms with Crippen molar-refractivity contribution >= 4 is 11.6 Å². The maximum atomic E-state index is 13.4. The van der Waals surface area contributed by atoms with E-state index in [1.807, 2.05) is 0 Å². The second-order valence-corrected chi connectivity index (χ2v) is 7.16. The number of rotatable bonds is 6. The van der Waals surface area contributed by atoms with Crippen molar-refractivity contribution in [3.63, 3.8) is 0 Å². The van der Waals surface area contributed by atoms with E-state index in [1.165, 1.54) is 35.0 Å². The minimum absolute atomic E-state index is 0.0101. The third-order valence-electron chi connectivity index (χ3n) is 4.74. The molecule has 3 aromatic carbocycles. The van der Waals surface area contributed by atoms with Gasteiger partial charge in [-0.05, 0) is 55.5 Å². The molecule has 0 unspecified atom stereocenters. The number of benzene rings is 3. The number of alkyl halides is 3. The van der Waals surface area contributed by atoms with Crippen LogP contribution in [0.3, 0.4) is 0 Å². The van der Waals surface area contributed by atoms with Crippen molar-refractivity contribution in [3.8, 4) is 23.1 Å². The number of ether oxygens (including phenoxy) is 1. The van der Waals surface area contributed by atoms with E-state index < -0.39 is 23.5 Å². The maximum absolute atomic E-state index is 13.4. The van der Waals surface area contributed by atoms with Gasteiger partial charge in [0.1, 0.15) is 5.82 Å². The molecule has 0 saturated carbocycles. The summed E-state index contributed by atoms with van der Waals surface area (Å²) in [6.45, 7) is 1.99. The zero-order valence-corrected chi connectivity index (χ0v) is 17.8. The molecule has 0 fully saturated rings. The summed E-state index contributed by atoms with van der Waals surface area (Å²) >= 11 is 0. The van der Waals surface area contributed by atoms with Gasteiger partial charge in [0.05, 0.1) is 17.9 Å². The number of amides is 1. The van der Waals surface area contributed by atoms with Gasteiger partial charge in [-0.25, -0.2) is 9.07 Å². The van der Waals surface area contributed by atoms with Gasteiger partial charge >= 0.3 is 12.2 Å². The summed E-state index contributed by atoms with van der Waals surface area (Å²) < 4.78 is 59.9. The lowest BCUT2D eigenvalue weighted by Gasteiger charge is -2.11. The molecule has 1 amide bonds. The summed E-state index contributed by atoms with van der Waals surface area (Å²) in [6.07, 6.45) is -4.52. The zero-order chi connectivity index (χ0) is 24.3. The first-order chi connectivity index (χ1) is 16.2. The smallest absolute Gasteiger partial charge is 0.416 e. The van der Waals surface area contributed by atoms with Crippen LogP contribution in [0.25, 0.3) is 17.1 Å². The highest BCUT2D eigenvalue weighted by atomic mass is 19.4. The molecule has 6 nitrogen and oxygen atoms in total. The summed E-state index contributed by atoms with van der Waals surface area (Å²) in [5.74, 6) is -0.940. The van der Waals surface area contributed by atoms with Gasteiger partial charge in [0, 0.05) is 16.8 Å². The molecule has 0 saturated heterocycles. The summed E-state index contributed by atoms with van der Waals surface area (Å²) in [4.78, 5) is 16.7. The maximum Gasteiger partial charge on any atom is 0.416 e. The van der Waals surface area contributed by atoms with Gasteiger partial charge in [0.15, 0.2) is 5.82 Å². The molecule has 10 heteroatoms. The molecule has 174 valence electrons. The van der Waals surface area contributed by atoms with Gasteiger partial charge in [-0.1, -0.05) is 24.3 Å². The molecule has 0 aliphatic heterocycles. The SMILES string of the molecule is CCOc1nc(-c2cccc(C(F)(F)F)c2)n(-c2cccc(NC(=O)c3cccc(F)c3)c2)n1. The van der Waals surface area contributed by atoms with Crippen LogP contribution in [0.2, 0.25) is 0 Å². The van der Waals surface area contributed by atoms with Crippen LogP contribution in [-0.2, 0) is 6.18 Å². The fraction of sp³-hybridized carbons (Fsp3) is 0.125. The number of aromatic nitrogens is 3. The molecule has 0 radical (unpaired) electrons. The molecule has 1 heterocycles. The first kappa shape index (κ1) is 23.0. The van der Waals surface area contributed by atoms with Gasteiger partial charge in [-0.3, -0.25) is 4.79 Å². The predicted molar refractivity (Wildman–Crippen MR) is 117 cm³/mol. The second-order valence-electron chi connectivity index (χ2n) is 7.16. The number of hydrogen-bond donors (Lipinski definition) is 1. The van der Waals surface area contributed by atoms with Gasteiger partial charge in [-0.2, -0.15) is 18.2 Å². The Morgan fingerprint density at radius 2 is 1.79 bits per heavy atom. The number of halogens is 4. The predicted octanol–water partition coefficient (Wildman–Crippen LogP) is 5.74. The lowest BCUT2D eigenvalue weighted by atomic mass is 10.1. The van der Waals surface area contributed by atoms with E-state index in [2.05, 4.69) is 15.4 Å². The van der Waals surface area contributed by atoms with Crippen molar-refractivity contribution in [3.05, 3.63) is 89.7 Å². The van der Waals surface area contributed by atoms with Gasteiger partial charge < -0.3 is 10.1 Å². The Balaban J connectivity index is 1.71. The standard InChI is InChI=1S/C24H18F4N4O2/c1-2-34-23-30-21(15-6-3-8-17(12-15)24(26,27)28)32(31-23)20-11-5-10-19(14-20)29-22(33)16-7-4-9-18(25)13-16/h3-14H,2H2,1H3,(H,29,33). The molecule has 0 spiro atoms. The second kappa shape index (κ2) is 9.34. The lowest BCUT2D eigenvalue weighted by Crippen LogP contribution is -2.12. The number of hydrogen-bond acceptors (Lipinski definition) is 4. The van der Waals surface area contributed by atoms with Crippen LogP contribution in [-0.4, -0.2) is 27.3 Å². The number of nitrogens with zero attached hydrogens (tertiary/aromatic N) is 3. The molecule has 4 rings (SSSR count). The number of carbonyl (C=O) groups is 1. The molecule has 0 aliphatic rings. The third kappa shape index (κ3) is 5.06. The van der Waals surface area contributed by atoms with Crippen molar-refractivity contribution in [1.29, 1.82) is 0 Å². The van der Waals surface area contributed by atoms with Crippen LogP contribution in [0.4, 0.5) is 23.2 Å². The molecule has 0 bridgehead atoms. The monoisotopic (exact) mass is 470 g/mol. The fourth-order valence-electron chi connectivity index (χ4n) is 3.23. The summed E-state index contributed by atoms with van der Waals surface area (Å²) in [5.41, 5.74) is 0.281. The first-order valence-electron chi connectivity index (χ1n) is 10.2. The lowest BCUT2D eigenvalue weighted by molar-refractivity contribution is -0.137. The van der Waals surface area contributed by atoms with Crippen LogP contribution in [0.5, 0.6) is 6.01 Å². The minimum Gasteiger partial charge on any atom is -0.463 e. The molecule has 0 aliphatic carbocycles. The third-order valence-corrected chi connectivity index (χ3v) is 4.74. The van der Waals surface area contributed by atoms with Crippen molar-refractivity contribution in [2.45, 2.75) is 13.1 Å². The molecule has 0 atom stereocenters. The van der Waals surface area contributed by atoms with E-state index in [9.17, 15) is 22.4 Å². The molecular weight excluding hydrogens is 452 g/mol. The van der Waals surface area contributed by atoms with E-state index in [1.54, 1.807) is 31.2 Å². The van der Waals surface area contributed by atoms with Crippen LogP contribution in [0, 0.1) is 5.82 Å². The molecule has 1 N–H and O–H groups in total. The Morgan fingerprint density at radius 3 is 2.53 bits per heavy atom. The molecule has 4 aromatic rings. The van der Waals surface area contributed by atoms with Gasteiger partial charge in [0.2, 0.25) is 0 Å². The average Bonchev–Trinajstić information content (AvgIpc) is 3.23. The normalized spacial score (nSPS) is 11.3. The largest absolute Gasteiger partial charge is 0.463 e. The Bertz CT molecular complexity index is 1330.